The molecule has 2 N–H and O–H groups in total. The summed E-state index contributed by atoms with van der Waals surface area (Å²) in [6.07, 6.45) is 5.07. The fourth-order valence-corrected chi connectivity index (χ4v) is 8.38. The zero-order valence-corrected chi connectivity index (χ0v) is 26.3. The molecule has 6 rings (SSSR count). The van der Waals surface area contributed by atoms with Crippen LogP contribution in [0.3, 0.4) is 0 Å². The summed E-state index contributed by atoms with van der Waals surface area (Å²) in [5, 5.41) is 8.17. The Kier molecular flexibility index (Phi) is 8.70. The molecule has 1 saturated heterocycles. The van der Waals surface area contributed by atoms with Crippen LogP contribution < -0.4 is 10.2 Å². The fraction of sp³-hybridized carbons (Fsp3) is 0.355. The van der Waals surface area contributed by atoms with Crippen molar-refractivity contribution in [3.63, 3.8) is 0 Å². The molecular formula is C31H34ClF2N5OSSi. The molecule has 1 aromatic heterocycles. The van der Waals surface area contributed by atoms with Crippen molar-refractivity contribution in [1.29, 1.82) is 0 Å². The second-order valence-electron chi connectivity index (χ2n) is 11.1. The van der Waals surface area contributed by atoms with Gasteiger partial charge in [0.05, 0.1) is 10.9 Å². The molecule has 1 fully saturated rings. The first-order valence-corrected chi connectivity index (χ1v) is 17.3. The predicted octanol–water partition coefficient (Wildman–Crippen LogP) is 5.78. The van der Waals surface area contributed by atoms with Crippen LogP contribution in [0, 0.1) is 18.7 Å². The van der Waals surface area contributed by atoms with Gasteiger partial charge in [-0.2, -0.15) is 5.10 Å². The highest BCUT2D eigenvalue weighted by atomic mass is 35.5. The number of nitrogens with one attached hydrogen (secondary N) is 1. The van der Waals surface area contributed by atoms with Crippen molar-refractivity contribution in [2.24, 2.45) is 10.9 Å². The van der Waals surface area contributed by atoms with E-state index in [1.54, 1.807) is 24.0 Å². The minimum atomic E-state index is -2.24. The number of fused-ring (bicyclic) bond motifs is 1. The van der Waals surface area contributed by atoms with Crippen LogP contribution in [0.15, 0.2) is 76.9 Å². The minimum Gasteiger partial charge on any atom is -0.418 e. The summed E-state index contributed by atoms with van der Waals surface area (Å²) in [7, 11) is -2.24. The normalized spacial score (nSPS) is 23.3. The molecule has 42 heavy (non-hydrogen) atoms. The molecule has 5 atom stereocenters. The quantitative estimate of drug-likeness (QED) is 0.295. The molecule has 0 saturated carbocycles. The van der Waals surface area contributed by atoms with Crippen LogP contribution in [0.4, 0.5) is 8.78 Å². The molecular weight excluding hydrogens is 592 g/mol. The van der Waals surface area contributed by atoms with Crippen LogP contribution in [0.25, 0.3) is 5.57 Å². The van der Waals surface area contributed by atoms with Gasteiger partial charge in [0.1, 0.15) is 17.7 Å². The average molecular weight is 626 g/mol. The highest BCUT2D eigenvalue weighted by Crippen LogP contribution is 2.48. The summed E-state index contributed by atoms with van der Waals surface area (Å²) in [6.45, 7) is 4.99. The molecule has 3 aliphatic rings. The SMILES string of the molecule is Cc1ccc([SiH](O)NCC[C@H]2CC3=C(c4ccn(C(C)F)n4)[C@H](c4ccc(F)cc4Cl)N=C(C4CC=CS4)N3C2)cc1. The predicted molar refractivity (Wildman–Crippen MR) is 169 cm³/mol. The van der Waals surface area contributed by atoms with Crippen molar-refractivity contribution in [2.75, 3.05) is 13.1 Å². The first-order valence-electron chi connectivity index (χ1n) is 14.3. The number of hydrogen-bond donors (Lipinski definition) is 2. The third-order valence-electron chi connectivity index (χ3n) is 8.14. The zero-order chi connectivity index (χ0) is 29.4. The van der Waals surface area contributed by atoms with E-state index in [0.29, 0.717) is 28.7 Å². The monoisotopic (exact) mass is 625 g/mol. The molecule has 0 bridgehead atoms. The first-order chi connectivity index (χ1) is 20.3. The number of amidine groups is 1. The van der Waals surface area contributed by atoms with E-state index in [1.165, 1.54) is 29.3 Å². The Bertz CT molecular complexity index is 1530. The lowest BCUT2D eigenvalue weighted by Crippen LogP contribution is -2.45. The molecule has 0 amide bonds. The molecule has 220 valence electrons. The lowest BCUT2D eigenvalue weighted by Gasteiger charge is -2.35. The van der Waals surface area contributed by atoms with Gasteiger partial charge in [-0.3, -0.25) is 4.99 Å². The van der Waals surface area contributed by atoms with Crippen molar-refractivity contribution in [3.8, 4) is 0 Å². The highest BCUT2D eigenvalue weighted by Gasteiger charge is 2.42. The summed E-state index contributed by atoms with van der Waals surface area (Å²) in [6, 6.07) is 13.8. The number of aliphatic imine (C=N–C) groups is 1. The number of thioether (sulfide) groups is 1. The molecule has 3 unspecified atom stereocenters. The Labute approximate surface area is 256 Å². The Hall–Kier alpha value is -2.76. The van der Waals surface area contributed by atoms with Crippen molar-refractivity contribution in [3.05, 3.63) is 99.6 Å². The van der Waals surface area contributed by atoms with E-state index < -0.39 is 27.4 Å². The van der Waals surface area contributed by atoms with E-state index in [-0.39, 0.29) is 5.25 Å². The number of aromatic nitrogens is 2. The smallest absolute Gasteiger partial charge is 0.282 e. The molecule has 6 nitrogen and oxygen atoms in total. The molecule has 0 spiro atoms. The third kappa shape index (κ3) is 6.00. The fourth-order valence-electron chi connectivity index (χ4n) is 5.94. The number of benzene rings is 2. The molecule has 3 aliphatic heterocycles. The number of rotatable bonds is 9. The zero-order valence-electron chi connectivity index (χ0n) is 23.6. The van der Waals surface area contributed by atoms with Crippen LogP contribution in [0.2, 0.25) is 5.02 Å². The first kappa shape index (κ1) is 29.3. The Morgan fingerprint density at radius 1 is 1.21 bits per heavy atom. The summed E-state index contributed by atoms with van der Waals surface area (Å²) in [4.78, 5) is 21.8. The van der Waals surface area contributed by atoms with Crippen molar-refractivity contribution < 1.29 is 13.6 Å². The van der Waals surface area contributed by atoms with Crippen LogP contribution >= 0.6 is 23.4 Å². The average Bonchev–Trinajstić information content (AvgIpc) is 3.74. The lowest BCUT2D eigenvalue weighted by atomic mass is 9.91. The molecule has 0 aliphatic carbocycles. The van der Waals surface area contributed by atoms with Crippen LogP contribution in [0.5, 0.6) is 0 Å². The molecule has 3 aromatic rings. The topological polar surface area (TPSA) is 65.7 Å². The van der Waals surface area contributed by atoms with Crippen LogP contribution in [-0.2, 0) is 0 Å². The van der Waals surface area contributed by atoms with Gasteiger partial charge in [-0.15, -0.1) is 11.8 Å². The maximum absolute atomic E-state index is 14.2. The second kappa shape index (κ2) is 12.5. The summed E-state index contributed by atoms with van der Waals surface area (Å²) in [5.74, 6) is 0.892. The second-order valence-corrected chi connectivity index (χ2v) is 14.5. The molecule has 0 radical (unpaired) electrons. The molecule has 4 heterocycles. The summed E-state index contributed by atoms with van der Waals surface area (Å²) < 4.78 is 29.6. The van der Waals surface area contributed by atoms with Gasteiger partial charge in [0.2, 0.25) is 0 Å². The number of hydrogen-bond acceptors (Lipinski definition) is 6. The van der Waals surface area contributed by atoms with Gasteiger partial charge in [0.25, 0.3) is 9.20 Å². The van der Waals surface area contributed by atoms with E-state index in [1.807, 2.05) is 37.3 Å². The maximum atomic E-state index is 14.2. The Morgan fingerprint density at radius 2 is 2.02 bits per heavy atom. The Morgan fingerprint density at radius 3 is 2.71 bits per heavy atom. The lowest BCUT2D eigenvalue weighted by molar-refractivity contribution is 0.245. The van der Waals surface area contributed by atoms with Gasteiger partial charge in [-0.25, -0.2) is 13.5 Å². The van der Waals surface area contributed by atoms with Crippen LogP contribution in [-0.4, -0.2) is 52.9 Å². The van der Waals surface area contributed by atoms with Gasteiger partial charge in [0, 0.05) is 34.6 Å². The minimum absolute atomic E-state index is 0.166. The van der Waals surface area contributed by atoms with Gasteiger partial charge < -0.3 is 14.7 Å². The summed E-state index contributed by atoms with van der Waals surface area (Å²) in [5.41, 5.74) is 4.51. The van der Waals surface area contributed by atoms with E-state index in [4.69, 9.17) is 16.6 Å². The van der Waals surface area contributed by atoms with E-state index in [2.05, 4.69) is 26.5 Å². The number of allylic oxidation sites excluding steroid dienone is 2. The standard InChI is InChI=1S/C31H34ClF2N5OSSi/c1-19-5-8-23(9-6-19)42(40)35-13-11-21-16-27-29(26-12-14-39(37-26)20(2)33)30(24-10-7-22(34)17-25(24)32)36-31(38(27)18-21)28-4-3-15-41-28/h3,5-10,12,14-15,17,20-21,28,30,35,40,42H,4,11,13,16,18H2,1-2H3/t20?,21-,28?,30-,42?/m0/s1. The van der Waals surface area contributed by atoms with E-state index in [9.17, 15) is 13.6 Å². The number of nitrogens with zero attached hydrogens (tertiary/aromatic N) is 4. The van der Waals surface area contributed by atoms with E-state index in [0.717, 1.165) is 48.1 Å². The maximum Gasteiger partial charge on any atom is 0.282 e. The Balaban J connectivity index is 1.33. The summed E-state index contributed by atoms with van der Waals surface area (Å²) >= 11 is 8.38. The van der Waals surface area contributed by atoms with E-state index >= 15 is 0 Å². The molecule has 11 heteroatoms. The van der Waals surface area contributed by atoms with Crippen molar-refractivity contribution in [2.45, 2.75) is 50.7 Å². The van der Waals surface area contributed by atoms with Gasteiger partial charge in [-0.1, -0.05) is 53.6 Å². The van der Waals surface area contributed by atoms with Gasteiger partial charge >= 0.3 is 0 Å². The molecule has 2 aromatic carbocycles. The largest absolute Gasteiger partial charge is 0.418 e. The van der Waals surface area contributed by atoms with Crippen molar-refractivity contribution >= 4 is 49.2 Å². The number of alkyl halides is 1. The van der Waals surface area contributed by atoms with Gasteiger partial charge in [0.15, 0.2) is 6.30 Å². The van der Waals surface area contributed by atoms with Gasteiger partial charge in [-0.05, 0) is 74.4 Å². The number of halogens is 3. The number of aryl methyl sites for hydroxylation is 1. The third-order valence-corrected chi connectivity index (χ3v) is 11.2. The highest BCUT2D eigenvalue weighted by molar-refractivity contribution is 8.03. The van der Waals surface area contributed by atoms with Crippen LogP contribution in [0.1, 0.15) is 55.3 Å². The van der Waals surface area contributed by atoms with Crippen molar-refractivity contribution in [1.82, 2.24) is 19.7 Å².